The molecule has 26 heavy (non-hydrogen) atoms. The average Bonchev–Trinajstić information content (AvgIpc) is 2.81. The van der Waals surface area contributed by atoms with Gasteiger partial charge in [0.15, 0.2) is 0 Å². The Morgan fingerprint density at radius 3 is 2.50 bits per heavy atom. The molecule has 0 aromatic heterocycles. The molecule has 0 unspecified atom stereocenters. The van der Waals surface area contributed by atoms with E-state index in [-0.39, 0.29) is 35.0 Å². The monoisotopic (exact) mass is 390 g/mol. The third-order valence-corrected chi connectivity index (χ3v) is 5.95. The Labute approximate surface area is 175 Å². The number of hydrogen-bond donors (Lipinski definition) is 3. The van der Waals surface area contributed by atoms with Crippen LogP contribution in [-0.2, 0) is 15.2 Å². The van der Waals surface area contributed by atoms with Crippen molar-refractivity contribution in [1.82, 2.24) is 0 Å². The van der Waals surface area contributed by atoms with E-state index in [0.29, 0.717) is 29.3 Å². The van der Waals surface area contributed by atoms with Gasteiger partial charge in [0, 0.05) is 17.8 Å². The fourth-order valence-electron chi connectivity index (χ4n) is 4.78. The third kappa shape index (κ3) is 4.24. The number of rotatable bonds is 0. The van der Waals surface area contributed by atoms with Crippen LogP contribution in [0.25, 0.3) is 0 Å². The normalized spacial score (nSPS) is 34.7. The van der Waals surface area contributed by atoms with Crippen LogP contribution in [0.3, 0.4) is 0 Å². The standard InChI is InChI=1S/C18H20O2.Na.H2O4S.H/c1-18-9-8-14-13-5-3-12(19)10-11(13)2-4-15(14)16(18)6-7-17(18)20;;1-5(2,3)4;/h2-5,10,13-14,16,19H,6-9H2,1H3;;(H2,1,2,3,4);/t13-,14+,16-,18-;;;/m0.../s1. The second-order valence-electron chi connectivity index (χ2n) is 7.31. The summed E-state index contributed by atoms with van der Waals surface area (Å²) in [4.78, 5) is 12.2. The maximum atomic E-state index is 12.2. The van der Waals surface area contributed by atoms with Gasteiger partial charge in [0.05, 0.1) is 0 Å². The average molecular weight is 390 g/mol. The van der Waals surface area contributed by atoms with Gasteiger partial charge in [-0.25, -0.2) is 0 Å². The Kier molecular flexibility index (Phi) is 6.42. The zero-order valence-corrected chi connectivity index (χ0v) is 14.7. The van der Waals surface area contributed by atoms with Crippen molar-refractivity contribution in [2.24, 2.45) is 23.2 Å². The summed E-state index contributed by atoms with van der Waals surface area (Å²) in [5.41, 5.74) is 2.59. The molecule has 3 N–H and O–H groups in total. The van der Waals surface area contributed by atoms with Crippen molar-refractivity contribution in [2.75, 3.05) is 0 Å². The van der Waals surface area contributed by atoms with Crippen LogP contribution in [0.4, 0.5) is 0 Å². The zero-order chi connectivity index (χ0) is 18.4. The SMILES string of the molecule is C[C@]12CC[C@H]3C(=CC=C4C=C(O)C=C[C@@H]43)[C@@H]1CCC2=O.O=S(=O)(O)O.[NaH]. The van der Waals surface area contributed by atoms with Crippen molar-refractivity contribution >= 4 is 45.7 Å². The zero-order valence-electron chi connectivity index (χ0n) is 13.9. The summed E-state index contributed by atoms with van der Waals surface area (Å²) >= 11 is 0. The molecule has 0 heterocycles. The van der Waals surface area contributed by atoms with Crippen LogP contribution in [0.5, 0.6) is 0 Å². The molecule has 138 valence electrons. The molecule has 4 aliphatic rings. The van der Waals surface area contributed by atoms with Gasteiger partial charge in [-0.1, -0.05) is 30.7 Å². The van der Waals surface area contributed by atoms with Crippen LogP contribution in [0.15, 0.2) is 47.3 Å². The van der Waals surface area contributed by atoms with Gasteiger partial charge < -0.3 is 5.11 Å². The number of aliphatic hydroxyl groups is 1. The van der Waals surface area contributed by atoms with E-state index >= 15 is 0 Å². The molecule has 4 rings (SSSR count). The molecule has 2 saturated carbocycles. The molecule has 4 atom stereocenters. The van der Waals surface area contributed by atoms with Gasteiger partial charge in [-0.2, -0.15) is 8.42 Å². The van der Waals surface area contributed by atoms with Crippen molar-refractivity contribution in [3.63, 3.8) is 0 Å². The third-order valence-electron chi connectivity index (χ3n) is 5.95. The van der Waals surface area contributed by atoms with Crippen LogP contribution in [0.1, 0.15) is 32.6 Å². The predicted molar refractivity (Wildman–Crippen MR) is 99.4 cm³/mol. The number of allylic oxidation sites excluding steroid dienone is 7. The molecule has 0 saturated heterocycles. The fourth-order valence-corrected chi connectivity index (χ4v) is 4.78. The molecule has 0 aromatic carbocycles. The van der Waals surface area contributed by atoms with Crippen molar-refractivity contribution in [3.05, 3.63) is 47.3 Å². The van der Waals surface area contributed by atoms with E-state index in [0.717, 1.165) is 25.7 Å². The number of carbonyl (C=O) groups is 1. The van der Waals surface area contributed by atoms with Crippen LogP contribution in [-0.4, -0.2) is 58.0 Å². The summed E-state index contributed by atoms with van der Waals surface area (Å²) in [5.74, 6) is 2.18. The van der Waals surface area contributed by atoms with Crippen molar-refractivity contribution in [1.29, 1.82) is 0 Å². The number of fused-ring (bicyclic) bond motifs is 5. The molecule has 6 nitrogen and oxygen atoms in total. The topological polar surface area (TPSA) is 112 Å². The van der Waals surface area contributed by atoms with E-state index in [9.17, 15) is 9.90 Å². The molecule has 0 radical (unpaired) electrons. The first kappa shape index (κ1) is 21.6. The number of Topliss-reactive ketones (excluding diaryl/α,β-unsaturated/α-hetero) is 1. The molecular formula is C18H23NaO6S. The quantitative estimate of drug-likeness (QED) is 0.433. The second-order valence-corrected chi connectivity index (χ2v) is 8.21. The summed E-state index contributed by atoms with van der Waals surface area (Å²) in [6.07, 6.45) is 14.1. The van der Waals surface area contributed by atoms with Crippen LogP contribution in [0.2, 0.25) is 0 Å². The van der Waals surface area contributed by atoms with Crippen LogP contribution in [0, 0.1) is 23.2 Å². The van der Waals surface area contributed by atoms with Gasteiger partial charge in [0.1, 0.15) is 11.5 Å². The Bertz CT molecular complexity index is 815. The summed E-state index contributed by atoms with van der Waals surface area (Å²) in [6.45, 7) is 2.17. The van der Waals surface area contributed by atoms with Crippen molar-refractivity contribution in [3.8, 4) is 0 Å². The number of ketones is 1. The minimum absolute atomic E-state index is 0. The Balaban J connectivity index is 0.000000362. The van der Waals surface area contributed by atoms with Gasteiger partial charge in [-0.05, 0) is 48.8 Å². The predicted octanol–water partition coefficient (Wildman–Crippen LogP) is 2.57. The Morgan fingerprint density at radius 2 is 1.85 bits per heavy atom. The molecule has 0 bridgehead atoms. The molecule has 2 fully saturated rings. The summed E-state index contributed by atoms with van der Waals surface area (Å²) < 4.78 is 31.6. The molecule has 0 aromatic rings. The van der Waals surface area contributed by atoms with Crippen molar-refractivity contribution in [2.45, 2.75) is 32.6 Å². The van der Waals surface area contributed by atoms with Gasteiger partial charge in [0.25, 0.3) is 0 Å². The van der Waals surface area contributed by atoms with Gasteiger partial charge >= 0.3 is 40.0 Å². The van der Waals surface area contributed by atoms with E-state index in [1.165, 1.54) is 11.1 Å². The molecule has 0 aliphatic heterocycles. The number of hydrogen-bond acceptors (Lipinski definition) is 4. The molecule has 0 spiro atoms. The number of aliphatic hydroxyl groups excluding tert-OH is 1. The summed E-state index contributed by atoms with van der Waals surface area (Å²) in [6, 6.07) is 0. The summed E-state index contributed by atoms with van der Waals surface area (Å²) in [7, 11) is -4.67. The fraction of sp³-hybridized carbons (Fsp3) is 0.500. The summed E-state index contributed by atoms with van der Waals surface area (Å²) in [5, 5.41) is 9.64. The van der Waals surface area contributed by atoms with Crippen molar-refractivity contribution < 1.29 is 27.4 Å². The molecule has 8 heteroatoms. The van der Waals surface area contributed by atoms with Gasteiger partial charge in [-0.3, -0.25) is 13.9 Å². The minimum atomic E-state index is -4.67. The first-order valence-corrected chi connectivity index (χ1v) is 9.73. The van der Waals surface area contributed by atoms with E-state index in [4.69, 9.17) is 17.5 Å². The molecule has 0 amide bonds. The van der Waals surface area contributed by atoms with E-state index in [2.05, 4.69) is 25.2 Å². The maximum absolute atomic E-state index is 12.2. The Hall–Kier alpha value is -0.700. The van der Waals surface area contributed by atoms with Crippen LogP contribution < -0.4 is 0 Å². The van der Waals surface area contributed by atoms with Crippen LogP contribution >= 0.6 is 0 Å². The van der Waals surface area contributed by atoms with E-state index in [1.54, 1.807) is 0 Å². The molecule has 4 aliphatic carbocycles. The first-order valence-electron chi connectivity index (χ1n) is 8.33. The molecular weight excluding hydrogens is 367 g/mol. The van der Waals surface area contributed by atoms with E-state index in [1.807, 2.05) is 12.2 Å². The van der Waals surface area contributed by atoms with E-state index < -0.39 is 10.4 Å². The number of carbonyl (C=O) groups excluding carboxylic acids is 1. The first-order chi connectivity index (χ1) is 11.6. The second kappa shape index (κ2) is 7.73. The van der Waals surface area contributed by atoms with Gasteiger partial charge in [0.2, 0.25) is 0 Å². The van der Waals surface area contributed by atoms with Gasteiger partial charge in [-0.15, -0.1) is 0 Å². The Morgan fingerprint density at radius 1 is 1.19 bits per heavy atom.